The number of nitrogen functional groups attached to an aromatic ring is 1. The van der Waals surface area contributed by atoms with Crippen LogP contribution in [0.3, 0.4) is 0 Å². The zero-order valence-corrected chi connectivity index (χ0v) is 10.6. The summed E-state index contributed by atoms with van der Waals surface area (Å²) in [5, 5.41) is 12.5. The number of nitrogens with two attached hydrogens (primary N) is 1. The second kappa shape index (κ2) is 5.42. The number of hydrogen-bond acceptors (Lipinski definition) is 5. The van der Waals surface area contributed by atoms with Gasteiger partial charge in [-0.1, -0.05) is 17.5 Å². The molecule has 1 aromatic heterocycles. The van der Waals surface area contributed by atoms with Crippen molar-refractivity contribution in [1.82, 2.24) is 9.97 Å². The number of aliphatic hydroxyl groups is 1. The molecule has 1 saturated carbocycles. The highest BCUT2D eigenvalue weighted by Gasteiger charge is 2.25. The van der Waals surface area contributed by atoms with E-state index >= 15 is 0 Å². The molecule has 4 N–H and O–H groups in total. The lowest BCUT2D eigenvalue weighted by atomic mass is 10.1. The molecule has 2 rings (SSSR count). The van der Waals surface area contributed by atoms with Gasteiger partial charge in [-0.15, -0.1) is 6.42 Å². The van der Waals surface area contributed by atoms with Gasteiger partial charge in [-0.3, -0.25) is 0 Å². The predicted molar refractivity (Wildman–Crippen MR) is 71.2 cm³/mol. The van der Waals surface area contributed by atoms with Crippen LogP contribution in [0.2, 0.25) is 5.15 Å². The summed E-state index contributed by atoms with van der Waals surface area (Å²) in [5.41, 5.74) is 5.98. The Morgan fingerprint density at radius 1 is 1.50 bits per heavy atom. The van der Waals surface area contributed by atoms with Crippen LogP contribution in [0.15, 0.2) is 0 Å². The Morgan fingerprint density at radius 3 is 2.89 bits per heavy atom. The van der Waals surface area contributed by atoms with Crippen LogP contribution in [0.1, 0.15) is 24.8 Å². The highest BCUT2D eigenvalue weighted by Crippen LogP contribution is 2.29. The number of anilines is 2. The van der Waals surface area contributed by atoms with Crippen LogP contribution >= 0.6 is 11.6 Å². The van der Waals surface area contributed by atoms with Crippen LogP contribution in [0.25, 0.3) is 0 Å². The van der Waals surface area contributed by atoms with Crippen molar-refractivity contribution in [2.75, 3.05) is 17.7 Å². The van der Waals surface area contributed by atoms with E-state index in [9.17, 15) is 0 Å². The van der Waals surface area contributed by atoms with Crippen molar-refractivity contribution in [1.29, 1.82) is 0 Å². The second-order valence-electron chi connectivity index (χ2n) is 4.44. The van der Waals surface area contributed by atoms with E-state index in [1.807, 2.05) is 0 Å². The van der Waals surface area contributed by atoms with E-state index < -0.39 is 0 Å². The van der Waals surface area contributed by atoms with Crippen LogP contribution in [0.4, 0.5) is 11.8 Å². The maximum atomic E-state index is 9.11. The Labute approximate surface area is 111 Å². The Bertz CT molecular complexity index is 486. The molecular formula is C12H15ClN4O. The summed E-state index contributed by atoms with van der Waals surface area (Å²) < 4.78 is 0. The lowest BCUT2D eigenvalue weighted by Gasteiger charge is -2.15. The first-order chi connectivity index (χ1) is 8.63. The van der Waals surface area contributed by atoms with E-state index in [0.29, 0.717) is 17.3 Å². The van der Waals surface area contributed by atoms with Crippen molar-refractivity contribution >= 4 is 23.4 Å². The van der Waals surface area contributed by atoms with Gasteiger partial charge in [0.05, 0.1) is 0 Å². The smallest absolute Gasteiger partial charge is 0.223 e. The molecule has 0 spiro atoms. The maximum absolute atomic E-state index is 9.11. The molecule has 96 valence electrons. The highest BCUT2D eigenvalue weighted by atomic mass is 35.5. The third-order valence-corrected chi connectivity index (χ3v) is 3.44. The van der Waals surface area contributed by atoms with E-state index in [-0.39, 0.29) is 23.8 Å². The molecule has 0 amide bonds. The number of terminal acetylenes is 1. The SMILES string of the molecule is C#Cc1c(Cl)nc(N)nc1N[C@H]1CC[C@@H](CO)C1. The summed E-state index contributed by atoms with van der Waals surface area (Å²) >= 11 is 5.92. The molecule has 1 aromatic rings. The number of nitrogens with zero attached hydrogens (tertiary/aromatic N) is 2. The van der Waals surface area contributed by atoms with Crippen LogP contribution in [-0.4, -0.2) is 27.7 Å². The number of aromatic nitrogens is 2. The Kier molecular flexibility index (Phi) is 3.90. The summed E-state index contributed by atoms with van der Waals surface area (Å²) in [7, 11) is 0. The van der Waals surface area contributed by atoms with Crippen molar-refractivity contribution < 1.29 is 5.11 Å². The molecule has 1 aliphatic carbocycles. The van der Waals surface area contributed by atoms with Gasteiger partial charge < -0.3 is 16.2 Å². The molecule has 0 bridgehead atoms. The fraction of sp³-hybridized carbons (Fsp3) is 0.500. The van der Waals surface area contributed by atoms with Gasteiger partial charge in [0.25, 0.3) is 0 Å². The van der Waals surface area contributed by atoms with Crippen LogP contribution < -0.4 is 11.1 Å². The third kappa shape index (κ3) is 2.66. The van der Waals surface area contributed by atoms with Crippen LogP contribution in [0, 0.1) is 18.3 Å². The normalized spacial score (nSPS) is 22.7. The summed E-state index contributed by atoms with van der Waals surface area (Å²) in [6.45, 7) is 0.215. The molecule has 1 fully saturated rings. The molecule has 2 atom stereocenters. The zero-order valence-electron chi connectivity index (χ0n) is 9.86. The van der Waals surface area contributed by atoms with Gasteiger partial charge in [-0.2, -0.15) is 9.97 Å². The number of rotatable bonds is 3. The van der Waals surface area contributed by atoms with E-state index in [1.54, 1.807) is 0 Å². The zero-order chi connectivity index (χ0) is 13.1. The second-order valence-corrected chi connectivity index (χ2v) is 4.80. The topological polar surface area (TPSA) is 84.1 Å². The largest absolute Gasteiger partial charge is 0.396 e. The fourth-order valence-corrected chi connectivity index (χ4v) is 2.48. The average Bonchev–Trinajstić information content (AvgIpc) is 2.76. The Balaban J connectivity index is 2.17. The van der Waals surface area contributed by atoms with Gasteiger partial charge in [-0.25, -0.2) is 0 Å². The first-order valence-electron chi connectivity index (χ1n) is 5.81. The van der Waals surface area contributed by atoms with Crippen molar-refractivity contribution in [3.8, 4) is 12.3 Å². The number of nitrogens with one attached hydrogen (secondary N) is 1. The van der Waals surface area contributed by atoms with E-state index in [0.717, 1.165) is 19.3 Å². The van der Waals surface area contributed by atoms with Crippen molar-refractivity contribution in [2.24, 2.45) is 5.92 Å². The molecule has 5 nitrogen and oxygen atoms in total. The van der Waals surface area contributed by atoms with Gasteiger partial charge >= 0.3 is 0 Å². The van der Waals surface area contributed by atoms with Crippen LogP contribution in [0.5, 0.6) is 0 Å². The van der Waals surface area contributed by atoms with E-state index in [1.165, 1.54) is 0 Å². The molecule has 18 heavy (non-hydrogen) atoms. The number of halogens is 1. The lowest BCUT2D eigenvalue weighted by molar-refractivity contribution is 0.229. The fourth-order valence-electron chi connectivity index (χ4n) is 2.25. The van der Waals surface area contributed by atoms with Gasteiger partial charge in [0.15, 0.2) is 5.15 Å². The summed E-state index contributed by atoms with van der Waals surface area (Å²) in [6, 6.07) is 0.236. The highest BCUT2D eigenvalue weighted by molar-refractivity contribution is 6.31. The quantitative estimate of drug-likeness (QED) is 0.567. The van der Waals surface area contributed by atoms with Gasteiger partial charge in [-0.05, 0) is 25.2 Å². The minimum absolute atomic E-state index is 0.0956. The first kappa shape index (κ1) is 12.9. The molecule has 0 aliphatic heterocycles. The summed E-state index contributed by atoms with van der Waals surface area (Å²) in [5.74, 6) is 3.40. The van der Waals surface area contributed by atoms with Gasteiger partial charge in [0.1, 0.15) is 11.4 Å². The molecule has 1 heterocycles. The maximum Gasteiger partial charge on any atom is 0.223 e. The van der Waals surface area contributed by atoms with Gasteiger partial charge in [0, 0.05) is 12.6 Å². The van der Waals surface area contributed by atoms with E-state index in [4.69, 9.17) is 28.9 Å². The van der Waals surface area contributed by atoms with Crippen LogP contribution in [-0.2, 0) is 0 Å². The summed E-state index contributed by atoms with van der Waals surface area (Å²) in [6.07, 6.45) is 8.25. The number of aliphatic hydroxyl groups excluding tert-OH is 1. The molecular weight excluding hydrogens is 252 g/mol. The van der Waals surface area contributed by atoms with Crippen molar-refractivity contribution in [3.63, 3.8) is 0 Å². The minimum atomic E-state index is 0.0956. The van der Waals surface area contributed by atoms with Crippen molar-refractivity contribution in [3.05, 3.63) is 10.7 Å². The predicted octanol–water partition coefficient (Wildman–Crippen LogP) is 1.27. The van der Waals surface area contributed by atoms with Crippen molar-refractivity contribution in [2.45, 2.75) is 25.3 Å². The average molecular weight is 267 g/mol. The number of hydrogen-bond donors (Lipinski definition) is 3. The molecule has 0 aromatic carbocycles. The lowest BCUT2D eigenvalue weighted by Crippen LogP contribution is -2.19. The Hall–Kier alpha value is -1.51. The Morgan fingerprint density at radius 2 is 2.28 bits per heavy atom. The first-order valence-corrected chi connectivity index (χ1v) is 6.18. The summed E-state index contributed by atoms with van der Waals surface area (Å²) in [4.78, 5) is 7.91. The van der Waals surface area contributed by atoms with E-state index in [2.05, 4.69) is 21.2 Å². The van der Waals surface area contributed by atoms with Gasteiger partial charge in [0.2, 0.25) is 5.95 Å². The molecule has 0 unspecified atom stereocenters. The third-order valence-electron chi connectivity index (χ3n) is 3.17. The minimum Gasteiger partial charge on any atom is -0.396 e. The molecule has 6 heteroatoms. The molecule has 0 saturated heterocycles. The molecule has 1 aliphatic rings. The molecule has 0 radical (unpaired) electrons. The standard InChI is InChI=1S/C12H15ClN4O/c1-2-9-10(13)16-12(14)17-11(9)15-8-4-3-7(5-8)6-18/h1,7-8,18H,3-6H2,(H3,14,15,16,17)/t7-,8+/m1/s1. The monoisotopic (exact) mass is 266 g/mol.